The van der Waals surface area contributed by atoms with Crippen LogP contribution in [0.15, 0.2) is 59.8 Å². The van der Waals surface area contributed by atoms with Gasteiger partial charge in [0.1, 0.15) is 5.65 Å². The Morgan fingerprint density at radius 2 is 1.96 bits per heavy atom. The van der Waals surface area contributed by atoms with Crippen molar-refractivity contribution in [1.29, 1.82) is 0 Å². The summed E-state index contributed by atoms with van der Waals surface area (Å²) in [6, 6.07) is 12.2. The summed E-state index contributed by atoms with van der Waals surface area (Å²) < 4.78 is 34.4. The van der Waals surface area contributed by atoms with Gasteiger partial charge in [-0.25, -0.2) is 18.1 Å². The Bertz CT molecular complexity index is 1080. The fourth-order valence-corrected chi connectivity index (χ4v) is 4.42. The van der Waals surface area contributed by atoms with Gasteiger partial charge in [-0.15, -0.1) is 0 Å². The molecule has 1 fully saturated rings. The van der Waals surface area contributed by atoms with Crippen molar-refractivity contribution in [2.24, 2.45) is 0 Å². The summed E-state index contributed by atoms with van der Waals surface area (Å²) in [7, 11) is -2.26. The highest BCUT2D eigenvalue weighted by atomic mass is 32.2. The van der Waals surface area contributed by atoms with Crippen LogP contribution < -0.4 is 4.72 Å². The van der Waals surface area contributed by atoms with Crippen molar-refractivity contribution in [2.45, 2.75) is 29.6 Å². The highest BCUT2D eigenvalue weighted by Crippen LogP contribution is 2.49. The highest BCUT2D eigenvalue weighted by molar-refractivity contribution is 7.89. The summed E-state index contributed by atoms with van der Waals surface area (Å²) in [6.45, 7) is 0.250. The first-order chi connectivity index (χ1) is 13.4. The Morgan fingerprint density at radius 1 is 1.21 bits per heavy atom. The fourth-order valence-electron chi connectivity index (χ4n) is 3.39. The number of hydrogen-bond acceptors (Lipinski definition) is 5. The van der Waals surface area contributed by atoms with Gasteiger partial charge in [0.15, 0.2) is 0 Å². The average Bonchev–Trinajstić information content (AvgIpc) is 3.41. The Kier molecular flexibility index (Phi) is 4.68. The molecule has 4 rings (SSSR count). The predicted octanol–water partition coefficient (Wildman–Crippen LogP) is 2.06. The molecule has 1 aliphatic rings. The summed E-state index contributed by atoms with van der Waals surface area (Å²) >= 11 is 0. The van der Waals surface area contributed by atoms with Gasteiger partial charge in [-0.05, 0) is 42.7 Å². The number of ether oxygens (including phenoxy) is 1. The van der Waals surface area contributed by atoms with Crippen LogP contribution in [0.25, 0.3) is 5.65 Å². The number of rotatable bonds is 7. The van der Waals surface area contributed by atoms with Crippen LogP contribution in [-0.2, 0) is 31.4 Å². The molecule has 0 radical (unpaired) electrons. The standard InChI is InChI=1S/C20H21N3O4S/c1-27-19(24)20(10-11-20)15-5-7-17(8-6-15)28(25,26)21-12-9-16-14-23-13-3-2-4-18(23)22-16/h2-8,13-14,21H,9-12H2,1H3. The van der Waals surface area contributed by atoms with Gasteiger partial charge in [-0.3, -0.25) is 4.79 Å². The molecule has 1 aromatic carbocycles. The number of esters is 1. The number of hydrogen-bond donors (Lipinski definition) is 1. The molecule has 146 valence electrons. The van der Waals surface area contributed by atoms with Crippen LogP contribution in [-0.4, -0.2) is 37.4 Å². The molecular weight excluding hydrogens is 378 g/mol. The van der Waals surface area contributed by atoms with E-state index in [2.05, 4.69) is 9.71 Å². The number of imidazole rings is 1. The number of nitrogens with one attached hydrogen (secondary N) is 1. The van der Waals surface area contributed by atoms with Gasteiger partial charge in [-0.2, -0.15) is 0 Å². The fraction of sp³-hybridized carbons (Fsp3) is 0.300. The predicted molar refractivity (Wildman–Crippen MR) is 103 cm³/mol. The zero-order valence-electron chi connectivity index (χ0n) is 15.5. The van der Waals surface area contributed by atoms with Gasteiger partial charge >= 0.3 is 5.97 Å². The lowest BCUT2D eigenvalue weighted by Gasteiger charge is -2.13. The molecule has 0 atom stereocenters. The number of pyridine rings is 1. The van der Waals surface area contributed by atoms with E-state index in [1.807, 2.05) is 35.0 Å². The molecule has 0 spiro atoms. The SMILES string of the molecule is COC(=O)C1(c2ccc(S(=O)(=O)NCCc3cn4ccccc4n3)cc2)CC1. The Hall–Kier alpha value is -2.71. The quantitative estimate of drug-likeness (QED) is 0.614. The second kappa shape index (κ2) is 7.03. The number of methoxy groups -OCH3 is 1. The molecule has 1 saturated carbocycles. The van der Waals surface area contributed by atoms with E-state index >= 15 is 0 Å². The van der Waals surface area contributed by atoms with Crippen molar-refractivity contribution in [2.75, 3.05) is 13.7 Å². The first-order valence-corrected chi connectivity index (χ1v) is 10.5. The first-order valence-electron chi connectivity index (χ1n) is 9.06. The molecule has 8 heteroatoms. The zero-order chi connectivity index (χ0) is 19.8. The van der Waals surface area contributed by atoms with E-state index in [4.69, 9.17) is 4.74 Å². The number of benzene rings is 1. The maximum absolute atomic E-state index is 12.5. The lowest BCUT2D eigenvalue weighted by molar-refractivity contribution is -0.143. The number of aromatic nitrogens is 2. The molecule has 28 heavy (non-hydrogen) atoms. The maximum Gasteiger partial charge on any atom is 0.316 e. The van der Waals surface area contributed by atoms with Crippen LogP contribution in [0, 0.1) is 0 Å². The molecule has 0 aliphatic heterocycles. The van der Waals surface area contributed by atoms with Crippen molar-refractivity contribution in [1.82, 2.24) is 14.1 Å². The first kappa shape index (κ1) is 18.6. The second-order valence-electron chi connectivity index (χ2n) is 6.94. The minimum absolute atomic E-state index is 0.173. The third-order valence-electron chi connectivity index (χ3n) is 5.13. The van der Waals surface area contributed by atoms with Gasteiger partial charge in [0.25, 0.3) is 0 Å². The van der Waals surface area contributed by atoms with Gasteiger partial charge < -0.3 is 9.14 Å². The van der Waals surface area contributed by atoms with Crippen LogP contribution in [0.5, 0.6) is 0 Å². The van der Waals surface area contributed by atoms with E-state index in [1.54, 1.807) is 12.1 Å². The molecule has 3 aromatic rings. The number of fused-ring (bicyclic) bond motifs is 1. The molecule has 0 bridgehead atoms. The smallest absolute Gasteiger partial charge is 0.316 e. The molecule has 2 heterocycles. The van der Waals surface area contributed by atoms with Crippen LogP contribution >= 0.6 is 0 Å². The largest absolute Gasteiger partial charge is 0.468 e. The Labute approximate surface area is 163 Å². The number of nitrogens with zero attached hydrogens (tertiary/aromatic N) is 2. The van der Waals surface area contributed by atoms with E-state index in [1.165, 1.54) is 19.2 Å². The second-order valence-corrected chi connectivity index (χ2v) is 8.71. The summed E-state index contributed by atoms with van der Waals surface area (Å²) in [6.07, 6.45) is 5.73. The van der Waals surface area contributed by atoms with E-state index in [0.29, 0.717) is 6.42 Å². The van der Waals surface area contributed by atoms with E-state index in [-0.39, 0.29) is 17.4 Å². The third-order valence-corrected chi connectivity index (χ3v) is 6.61. The van der Waals surface area contributed by atoms with Crippen LogP contribution in [0.2, 0.25) is 0 Å². The van der Waals surface area contributed by atoms with E-state index in [9.17, 15) is 13.2 Å². The molecule has 7 nitrogen and oxygen atoms in total. The van der Waals surface area contributed by atoms with Gasteiger partial charge in [0.2, 0.25) is 10.0 Å². The average molecular weight is 399 g/mol. The van der Waals surface area contributed by atoms with E-state index < -0.39 is 15.4 Å². The molecule has 0 saturated heterocycles. The van der Waals surface area contributed by atoms with Gasteiger partial charge in [0, 0.05) is 25.4 Å². The summed E-state index contributed by atoms with van der Waals surface area (Å²) in [4.78, 5) is 16.6. The van der Waals surface area contributed by atoms with Crippen LogP contribution in [0.1, 0.15) is 24.1 Å². The molecule has 0 amide bonds. The van der Waals surface area contributed by atoms with E-state index in [0.717, 1.165) is 29.7 Å². The van der Waals surface area contributed by atoms with Crippen LogP contribution in [0.4, 0.5) is 0 Å². The zero-order valence-corrected chi connectivity index (χ0v) is 16.3. The van der Waals surface area contributed by atoms with Crippen molar-refractivity contribution >= 4 is 21.6 Å². The lowest BCUT2D eigenvalue weighted by atomic mass is 9.96. The molecule has 2 aromatic heterocycles. The van der Waals surface area contributed by atoms with Crippen molar-refractivity contribution in [3.63, 3.8) is 0 Å². The molecule has 0 unspecified atom stereocenters. The third kappa shape index (κ3) is 3.41. The van der Waals surface area contributed by atoms with Gasteiger partial charge in [0.05, 0.1) is 23.1 Å². The molecular formula is C20H21N3O4S. The minimum Gasteiger partial charge on any atom is -0.468 e. The highest BCUT2D eigenvalue weighted by Gasteiger charge is 2.52. The van der Waals surface area contributed by atoms with Gasteiger partial charge in [-0.1, -0.05) is 18.2 Å². The Morgan fingerprint density at radius 3 is 2.61 bits per heavy atom. The monoisotopic (exact) mass is 399 g/mol. The normalized spacial score (nSPS) is 15.5. The lowest BCUT2D eigenvalue weighted by Crippen LogP contribution is -2.26. The summed E-state index contributed by atoms with van der Waals surface area (Å²) in [5.41, 5.74) is 1.84. The van der Waals surface area contributed by atoms with Crippen LogP contribution in [0.3, 0.4) is 0 Å². The topological polar surface area (TPSA) is 89.8 Å². The summed E-state index contributed by atoms with van der Waals surface area (Å²) in [5, 5.41) is 0. The summed E-state index contributed by atoms with van der Waals surface area (Å²) in [5.74, 6) is -0.270. The maximum atomic E-state index is 12.5. The van der Waals surface area contributed by atoms with Crippen molar-refractivity contribution in [3.05, 3.63) is 66.1 Å². The van der Waals surface area contributed by atoms with Crippen molar-refractivity contribution in [3.8, 4) is 0 Å². The number of carbonyl (C=O) groups is 1. The Balaban J connectivity index is 1.41. The minimum atomic E-state index is -3.63. The molecule has 1 N–H and O–H groups in total. The number of carbonyl (C=O) groups excluding carboxylic acids is 1. The molecule has 1 aliphatic carbocycles. The number of sulfonamides is 1. The van der Waals surface area contributed by atoms with Crippen molar-refractivity contribution < 1.29 is 17.9 Å².